The molecular weight excluding hydrogens is 374 g/mol. The van der Waals surface area contributed by atoms with Gasteiger partial charge in [0.25, 0.3) is 0 Å². The van der Waals surface area contributed by atoms with E-state index in [2.05, 4.69) is 10.6 Å². The number of hydrogen-bond acceptors (Lipinski definition) is 5. The molecule has 4 rings (SSSR count). The molecule has 0 radical (unpaired) electrons. The standard InChI is InChI=1S/C21H23N3O5/c1-11-7-16(12(2)29-11)17(25)10-22-20(27)21(28)23-15-8-13-3-4-18(26)24-6-5-14(9-15)19(13)24/h7-9,17,25H,3-6,10H2,1-2H3,(H,22,27)(H,23,28). The SMILES string of the molecule is Cc1cc(C(O)CNC(=O)C(=O)Nc2cc3c4c(c2)CCN4C(=O)CC3)c(C)o1. The fraction of sp³-hybridized carbons (Fsp3) is 0.381. The third-order valence-electron chi connectivity index (χ3n) is 5.41. The molecule has 1 unspecified atom stereocenters. The van der Waals surface area contributed by atoms with E-state index in [1.54, 1.807) is 24.8 Å². The van der Waals surface area contributed by atoms with Crippen molar-refractivity contribution in [3.63, 3.8) is 0 Å². The largest absolute Gasteiger partial charge is 0.466 e. The van der Waals surface area contributed by atoms with Crippen molar-refractivity contribution in [1.29, 1.82) is 0 Å². The van der Waals surface area contributed by atoms with Gasteiger partial charge in [0, 0.05) is 30.8 Å². The first-order valence-electron chi connectivity index (χ1n) is 9.64. The van der Waals surface area contributed by atoms with E-state index in [-0.39, 0.29) is 12.5 Å². The molecule has 8 nitrogen and oxygen atoms in total. The highest BCUT2D eigenvalue weighted by molar-refractivity contribution is 6.39. The molecule has 3 N–H and O–H groups in total. The molecule has 2 aliphatic rings. The lowest BCUT2D eigenvalue weighted by Gasteiger charge is -2.25. The molecule has 2 aromatic rings. The summed E-state index contributed by atoms with van der Waals surface area (Å²) in [6.07, 6.45) is 0.857. The van der Waals surface area contributed by atoms with E-state index >= 15 is 0 Å². The molecule has 3 amide bonds. The molecule has 1 atom stereocenters. The summed E-state index contributed by atoms with van der Waals surface area (Å²) in [6.45, 7) is 4.06. The molecule has 0 saturated carbocycles. The van der Waals surface area contributed by atoms with Gasteiger partial charge in [0.15, 0.2) is 0 Å². The monoisotopic (exact) mass is 397 g/mol. The minimum Gasteiger partial charge on any atom is -0.466 e. The Hall–Kier alpha value is -3.13. The van der Waals surface area contributed by atoms with Gasteiger partial charge in [-0.2, -0.15) is 0 Å². The zero-order chi connectivity index (χ0) is 20.7. The fourth-order valence-corrected chi connectivity index (χ4v) is 4.08. The maximum absolute atomic E-state index is 12.3. The van der Waals surface area contributed by atoms with E-state index in [9.17, 15) is 19.5 Å². The first kappa shape index (κ1) is 19.2. The third-order valence-corrected chi connectivity index (χ3v) is 5.41. The highest BCUT2D eigenvalue weighted by atomic mass is 16.3. The van der Waals surface area contributed by atoms with Gasteiger partial charge in [-0.05, 0) is 56.0 Å². The van der Waals surface area contributed by atoms with Gasteiger partial charge in [-0.15, -0.1) is 0 Å². The number of aryl methyl sites for hydroxylation is 3. The summed E-state index contributed by atoms with van der Waals surface area (Å²) in [4.78, 5) is 38.2. The van der Waals surface area contributed by atoms with Crippen molar-refractivity contribution in [3.05, 3.63) is 46.4 Å². The Labute approximate surface area is 167 Å². The quantitative estimate of drug-likeness (QED) is 0.678. The Balaban J connectivity index is 1.39. The van der Waals surface area contributed by atoms with Crippen molar-refractivity contribution in [2.24, 2.45) is 0 Å². The molecule has 0 spiro atoms. The van der Waals surface area contributed by atoms with Crippen LogP contribution in [0.25, 0.3) is 0 Å². The third kappa shape index (κ3) is 3.63. The van der Waals surface area contributed by atoms with Crippen molar-refractivity contribution in [3.8, 4) is 0 Å². The molecular formula is C21H23N3O5. The summed E-state index contributed by atoms with van der Waals surface area (Å²) in [5.74, 6) is -0.247. The second-order valence-corrected chi connectivity index (χ2v) is 7.49. The van der Waals surface area contributed by atoms with Gasteiger partial charge in [0.1, 0.15) is 11.5 Å². The Bertz CT molecular complexity index is 1010. The zero-order valence-electron chi connectivity index (χ0n) is 16.4. The van der Waals surface area contributed by atoms with Gasteiger partial charge >= 0.3 is 11.8 Å². The van der Waals surface area contributed by atoms with Crippen LogP contribution in [0.5, 0.6) is 0 Å². The van der Waals surface area contributed by atoms with E-state index in [4.69, 9.17) is 4.42 Å². The summed E-state index contributed by atoms with van der Waals surface area (Å²) in [5, 5.41) is 15.3. The number of nitrogens with zero attached hydrogens (tertiary/aromatic N) is 1. The van der Waals surface area contributed by atoms with E-state index < -0.39 is 17.9 Å². The summed E-state index contributed by atoms with van der Waals surface area (Å²) in [5.41, 5.74) is 4.10. The predicted molar refractivity (Wildman–Crippen MR) is 106 cm³/mol. The maximum Gasteiger partial charge on any atom is 0.313 e. The van der Waals surface area contributed by atoms with Gasteiger partial charge in [0.2, 0.25) is 5.91 Å². The first-order chi connectivity index (χ1) is 13.8. The van der Waals surface area contributed by atoms with Crippen LogP contribution in [-0.2, 0) is 27.2 Å². The number of aliphatic hydroxyl groups is 1. The number of benzene rings is 1. The van der Waals surface area contributed by atoms with Crippen LogP contribution < -0.4 is 15.5 Å². The van der Waals surface area contributed by atoms with Gasteiger partial charge in [-0.25, -0.2) is 0 Å². The molecule has 0 aliphatic carbocycles. The zero-order valence-corrected chi connectivity index (χ0v) is 16.4. The number of anilines is 2. The number of nitrogens with one attached hydrogen (secondary N) is 2. The summed E-state index contributed by atoms with van der Waals surface area (Å²) in [6, 6.07) is 5.34. The Kier molecular flexibility index (Phi) is 4.87. The number of amides is 3. The van der Waals surface area contributed by atoms with Crippen LogP contribution in [0.4, 0.5) is 11.4 Å². The number of carbonyl (C=O) groups excluding carboxylic acids is 3. The van der Waals surface area contributed by atoms with Crippen LogP contribution in [0.15, 0.2) is 22.6 Å². The van der Waals surface area contributed by atoms with Crippen LogP contribution in [0, 0.1) is 13.8 Å². The number of hydrogen-bond donors (Lipinski definition) is 3. The van der Waals surface area contributed by atoms with Crippen LogP contribution in [0.2, 0.25) is 0 Å². The number of aliphatic hydroxyl groups excluding tert-OH is 1. The average molecular weight is 397 g/mol. The van der Waals surface area contributed by atoms with Crippen LogP contribution >= 0.6 is 0 Å². The van der Waals surface area contributed by atoms with E-state index in [0.717, 1.165) is 23.2 Å². The lowest BCUT2D eigenvalue weighted by atomic mass is 9.98. The topological polar surface area (TPSA) is 112 Å². The maximum atomic E-state index is 12.3. The Morgan fingerprint density at radius 1 is 1.14 bits per heavy atom. The normalized spacial score (nSPS) is 15.8. The molecule has 1 aromatic heterocycles. The molecule has 3 heterocycles. The van der Waals surface area contributed by atoms with Crippen LogP contribution in [0.1, 0.15) is 40.7 Å². The fourth-order valence-electron chi connectivity index (χ4n) is 4.08. The first-order valence-corrected chi connectivity index (χ1v) is 9.64. The smallest absolute Gasteiger partial charge is 0.313 e. The van der Waals surface area contributed by atoms with Crippen molar-refractivity contribution in [2.75, 3.05) is 23.3 Å². The van der Waals surface area contributed by atoms with Crippen molar-refractivity contribution >= 4 is 29.1 Å². The highest BCUT2D eigenvalue weighted by Gasteiger charge is 2.31. The van der Waals surface area contributed by atoms with Crippen LogP contribution in [0.3, 0.4) is 0 Å². The van der Waals surface area contributed by atoms with Gasteiger partial charge in [-0.3, -0.25) is 14.4 Å². The molecule has 1 aromatic carbocycles. The van der Waals surface area contributed by atoms with E-state index in [0.29, 0.717) is 42.2 Å². The molecule has 2 aliphatic heterocycles. The second-order valence-electron chi connectivity index (χ2n) is 7.49. The highest BCUT2D eigenvalue weighted by Crippen LogP contribution is 2.38. The second kappa shape index (κ2) is 7.36. The molecule has 0 saturated heterocycles. The minimum atomic E-state index is -0.961. The number of carbonyl (C=O) groups is 3. The van der Waals surface area contributed by atoms with Gasteiger partial charge in [-0.1, -0.05) is 0 Å². The van der Waals surface area contributed by atoms with E-state index in [1.807, 2.05) is 12.1 Å². The Morgan fingerprint density at radius 3 is 2.55 bits per heavy atom. The molecule has 0 bridgehead atoms. The predicted octanol–water partition coefficient (Wildman–Crippen LogP) is 1.52. The minimum absolute atomic E-state index is 0.0986. The van der Waals surface area contributed by atoms with Crippen molar-refractivity contribution in [2.45, 2.75) is 39.2 Å². The van der Waals surface area contributed by atoms with E-state index in [1.165, 1.54) is 0 Å². The van der Waals surface area contributed by atoms with Crippen molar-refractivity contribution in [1.82, 2.24) is 5.32 Å². The summed E-state index contributed by atoms with van der Waals surface area (Å²) < 4.78 is 5.37. The average Bonchev–Trinajstić information content (AvgIpc) is 3.26. The lowest BCUT2D eigenvalue weighted by molar-refractivity contribution is -0.136. The van der Waals surface area contributed by atoms with Crippen molar-refractivity contribution < 1.29 is 23.9 Å². The number of furan rings is 1. The molecule has 0 fully saturated rings. The summed E-state index contributed by atoms with van der Waals surface area (Å²) in [7, 11) is 0. The lowest BCUT2D eigenvalue weighted by Crippen LogP contribution is -2.37. The Morgan fingerprint density at radius 2 is 1.86 bits per heavy atom. The van der Waals surface area contributed by atoms with Crippen LogP contribution in [-0.4, -0.2) is 35.9 Å². The molecule has 152 valence electrons. The summed E-state index contributed by atoms with van der Waals surface area (Å²) >= 11 is 0. The number of rotatable bonds is 4. The van der Waals surface area contributed by atoms with Gasteiger partial charge < -0.3 is 25.1 Å². The molecule has 29 heavy (non-hydrogen) atoms. The van der Waals surface area contributed by atoms with Gasteiger partial charge in [0.05, 0.1) is 11.8 Å². The molecule has 8 heteroatoms.